The minimum atomic E-state index is 0.0195. The first-order valence-corrected chi connectivity index (χ1v) is 7.19. The number of Topliss-reactive ketones (excluding diaryl/α,β-unsaturated/α-hetero) is 1. The maximum atomic E-state index is 12.6. The Hall–Kier alpha value is -1.80. The zero-order chi connectivity index (χ0) is 14.1. The second-order valence-corrected chi connectivity index (χ2v) is 5.72. The first kappa shape index (κ1) is 13.2. The third-order valence-electron chi connectivity index (χ3n) is 3.98. The molecular weight excluding hydrogens is 270 g/mol. The molecule has 1 atom stereocenters. The number of rotatable bonds is 2. The van der Waals surface area contributed by atoms with E-state index < -0.39 is 0 Å². The van der Waals surface area contributed by atoms with Crippen LogP contribution in [0.3, 0.4) is 0 Å². The molecule has 0 spiro atoms. The van der Waals surface area contributed by atoms with Crippen LogP contribution in [0.4, 0.5) is 5.69 Å². The highest BCUT2D eigenvalue weighted by molar-refractivity contribution is 6.34. The SMILES string of the molecule is Nc1ccc(C(=O)C2CCc3ccccc3C2)c(Cl)c1. The van der Waals surface area contributed by atoms with Crippen LogP contribution in [0.5, 0.6) is 0 Å². The lowest BCUT2D eigenvalue weighted by atomic mass is 9.80. The van der Waals surface area contributed by atoms with Crippen molar-refractivity contribution in [1.82, 2.24) is 0 Å². The van der Waals surface area contributed by atoms with Crippen LogP contribution in [-0.2, 0) is 12.8 Å². The molecule has 2 aromatic carbocycles. The zero-order valence-corrected chi connectivity index (χ0v) is 11.9. The number of nitrogens with two attached hydrogens (primary N) is 1. The molecule has 0 aromatic heterocycles. The minimum absolute atomic E-state index is 0.0195. The quantitative estimate of drug-likeness (QED) is 0.671. The van der Waals surface area contributed by atoms with E-state index in [-0.39, 0.29) is 11.7 Å². The zero-order valence-electron chi connectivity index (χ0n) is 11.1. The summed E-state index contributed by atoms with van der Waals surface area (Å²) in [7, 11) is 0. The normalized spacial score (nSPS) is 17.6. The molecule has 0 radical (unpaired) electrons. The number of carbonyl (C=O) groups is 1. The molecule has 0 bridgehead atoms. The molecule has 20 heavy (non-hydrogen) atoms. The Morgan fingerprint density at radius 2 is 1.90 bits per heavy atom. The van der Waals surface area contributed by atoms with Gasteiger partial charge in [0.2, 0.25) is 0 Å². The van der Waals surface area contributed by atoms with Gasteiger partial charge < -0.3 is 5.73 Å². The predicted octanol–water partition coefficient (Wildman–Crippen LogP) is 3.91. The predicted molar refractivity (Wildman–Crippen MR) is 82.2 cm³/mol. The molecule has 102 valence electrons. The van der Waals surface area contributed by atoms with Crippen molar-refractivity contribution in [3.8, 4) is 0 Å². The van der Waals surface area contributed by atoms with Crippen molar-refractivity contribution >= 4 is 23.1 Å². The van der Waals surface area contributed by atoms with Gasteiger partial charge in [-0.1, -0.05) is 35.9 Å². The monoisotopic (exact) mass is 285 g/mol. The van der Waals surface area contributed by atoms with Gasteiger partial charge in [0.25, 0.3) is 0 Å². The number of fused-ring (bicyclic) bond motifs is 1. The maximum absolute atomic E-state index is 12.6. The molecule has 0 aliphatic heterocycles. The first-order valence-electron chi connectivity index (χ1n) is 6.81. The average molecular weight is 286 g/mol. The van der Waals surface area contributed by atoms with Crippen LogP contribution in [0.25, 0.3) is 0 Å². The number of nitrogen functional groups attached to an aromatic ring is 1. The molecule has 0 saturated heterocycles. The Labute approximate surface area is 123 Å². The second kappa shape index (κ2) is 5.29. The Balaban J connectivity index is 1.86. The number of halogens is 1. The number of benzene rings is 2. The van der Waals surface area contributed by atoms with E-state index in [1.54, 1.807) is 18.2 Å². The Morgan fingerprint density at radius 3 is 2.65 bits per heavy atom. The maximum Gasteiger partial charge on any atom is 0.167 e. The molecule has 1 unspecified atom stereocenters. The van der Waals surface area contributed by atoms with Gasteiger partial charge in [-0.3, -0.25) is 4.79 Å². The Kier molecular flexibility index (Phi) is 3.49. The van der Waals surface area contributed by atoms with Gasteiger partial charge in [-0.15, -0.1) is 0 Å². The van der Waals surface area contributed by atoms with Crippen LogP contribution in [-0.4, -0.2) is 5.78 Å². The summed E-state index contributed by atoms with van der Waals surface area (Å²) in [6, 6.07) is 13.5. The number of ketones is 1. The van der Waals surface area contributed by atoms with Crippen LogP contribution in [0, 0.1) is 5.92 Å². The highest BCUT2D eigenvalue weighted by Gasteiger charge is 2.26. The van der Waals surface area contributed by atoms with Crippen molar-refractivity contribution in [2.45, 2.75) is 19.3 Å². The van der Waals surface area contributed by atoms with Crippen molar-refractivity contribution < 1.29 is 4.79 Å². The molecular formula is C17H16ClNO. The van der Waals surface area contributed by atoms with E-state index in [9.17, 15) is 4.79 Å². The number of anilines is 1. The van der Waals surface area contributed by atoms with E-state index in [0.717, 1.165) is 19.3 Å². The van der Waals surface area contributed by atoms with Gasteiger partial charge in [0, 0.05) is 17.2 Å². The fourth-order valence-corrected chi connectivity index (χ4v) is 3.15. The summed E-state index contributed by atoms with van der Waals surface area (Å²) in [6.07, 6.45) is 2.64. The molecule has 1 aliphatic rings. The molecule has 2 N–H and O–H groups in total. The molecule has 1 aliphatic carbocycles. The summed E-state index contributed by atoms with van der Waals surface area (Å²) >= 11 is 6.14. The number of aryl methyl sites for hydroxylation is 1. The standard InChI is InChI=1S/C17H16ClNO/c18-16-10-14(19)7-8-15(16)17(20)13-6-5-11-3-1-2-4-12(11)9-13/h1-4,7-8,10,13H,5-6,9,19H2. The van der Waals surface area contributed by atoms with Gasteiger partial charge in [0.1, 0.15) is 0 Å². The van der Waals surface area contributed by atoms with E-state index in [0.29, 0.717) is 16.3 Å². The van der Waals surface area contributed by atoms with Crippen molar-refractivity contribution in [2.75, 3.05) is 5.73 Å². The fourth-order valence-electron chi connectivity index (χ4n) is 2.87. The van der Waals surface area contributed by atoms with Gasteiger partial charge >= 0.3 is 0 Å². The van der Waals surface area contributed by atoms with Crippen molar-refractivity contribution in [2.24, 2.45) is 5.92 Å². The molecule has 0 heterocycles. The third kappa shape index (κ3) is 2.44. The largest absolute Gasteiger partial charge is 0.399 e. The summed E-state index contributed by atoms with van der Waals surface area (Å²) in [4.78, 5) is 12.6. The molecule has 3 heteroatoms. The lowest BCUT2D eigenvalue weighted by molar-refractivity contribution is 0.0909. The molecule has 0 fully saturated rings. The smallest absolute Gasteiger partial charge is 0.167 e. The second-order valence-electron chi connectivity index (χ2n) is 5.31. The van der Waals surface area contributed by atoms with Crippen LogP contribution >= 0.6 is 11.6 Å². The average Bonchev–Trinajstić information content (AvgIpc) is 2.46. The highest BCUT2D eigenvalue weighted by Crippen LogP contribution is 2.30. The Bertz CT molecular complexity index is 666. The van der Waals surface area contributed by atoms with E-state index >= 15 is 0 Å². The lowest BCUT2D eigenvalue weighted by Gasteiger charge is -2.23. The summed E-state index contributed by atoms with van der Waals surface area (Å²) in [6.45, 7) is 0. The fraction of sp³-hybridized carbons (Fsp3) is 0.235. The summed E-state index contributed by atoms with van der Waals surface area (Å²) in [5.41, 5.74) is 9.49. The number of hydrogen-bond donors (Lipinski definition) is 1. The molecule has 2 aromatic rings. The molecule has 0 saturated carbocycles. The van der Waals surface area contributed by atoms with E-state index in [1.165, 1.54) is 11.1 Å². The van der Waals surface area contributed by atoms with Gasteiger partial charge in [-0.25, -0.2) is 0 Å². The highest BCUT2D eigenvalue weighted by atomic mass is 35.5. The van der Waals surface area contributed by atoms with Gasteiger partial charge in [-0.05, 0) is 48.6 Å². The van der Waals surface area contributed by atoms with E-state index in [1.807, 2.05) is 6.07 Å². The molecule has 0 amide bonds. The van der Waals surface area contributed by atoms with Gasteiger partial charge in [0.05, 0.1) is 5.02 Å². The summed E-state index contributed by atoms with van der Waals surface area (Å²) in [5, 5.41) is 0.453. The van der Waals surface area contributed by atoms with Crippen molar-refractivity contribution in [1.29, 1.82) is 0 Å². The number of hydrogen-bond acceptors (Lipinski definition) is 2. The topological polar surface area (TPSA) is 43.1 Å². The van der Waals surface area contributed by atoms with Crippen LogP contribution < -0.4 is 5.73 Å². The summed E-state index contributed by atoms with van der Waals surface area (Å²) in [5.74, 6) is 0.149. The van der Waals surface area contributed by atoms with Gasteiger partial charge in [0.15, 0.2) is 5.78 Å². The Morgan fingerprint density at radius 1 is 1.15 bits per heavy atom. The molecule has 3 rings (SSSR count). The van der Waals surface area contributed by atoms with Crippen molar-refractivity contribution in [3.05, 3.63) is 64.2 Å². The van der Waals surface area contributed by atoms with E-state index in [4.69, 9.17) is 17.3 Å². The van der Waals surface area contributed by atoms with Crippen LogP contribution in [0.15, 0.2) is 42.5 Å². The number of carbonyl (C=O) groups excluding carboxylic acids is 1. The lowest BCUT2D eigenvalue weighted by Crippen LogP contribution is -2.23. The third-order valence-corrected chi connectivity index (χ3v) is 4.29. The van der Waals surface area contributed by atoms with Crippen LogP contribution in [0.1, 0.15) is 27.9 Å². The van der Waals surface area contributed by atoms with Gasteiger partial charge in [-0.2, -0.15) is 0 Å². The van der Waals surface area contributed by atoms with Crippen molar-refractivity contribution in [3.63, 3.8) is 0 Å². The van der Waals surface area contributed by atoms with E-state index in [2.05, 4.69) is 18.2 Å². The minimum Gasteiger partial charge on any atom is -0.399 e. The van der Waals surface area contributed by atoms with Crippen LogP contribution in [0.2, 0.25) is 5.02 Å². The summed E-state index contributed by atoms with van der Waals surface area (Å²) < 4.78 is 0. The first-order chi connectivity index (χ1) is 9.65. The molecule has 2 nitrogen and oxygen atoms in total.